The van der Waals surface area contributed by atoms with Gasteiger partial charge < -0.3 is 29.7 Å². The number of anilines is 1. The van der Waals surface area contributed by atoms with E-state index in [0.717, 1.165) is 89.1 Å². The van der Waals surface area contributed by atoms with Crippen LogP contribution in [0.15, 0.2) is 30.6 Å². The number of rotatable bonds is 19. The van der Waals surface area contributed by atoms with Crippen LogP contribution in [0.4, 0.5) is 10.3 Å². The van der Waals surface area contributed by atoms with Gasteiger partial charge in [0, 0.05) is 76.2 Å². The van der Waals surface area contributed by atoms with Gasteiger partial charge in [0.25, 0.3) is 0 Å². The second-order valence-electron chi connectivity index (χ2n) is 12.1. The van der Waals surface area contributed by atoms with E-state index in [1.807, 2.05) is 12.4 Å². The molecular formula is C33H48FN5O5. The molecule has 2 saturated heterocycles. The fraction of sp³-hybridized carbons (Fsp3) is 0.636. The second-order valence-corrected chi connectivity index (χ2v) is 12.1. The van der Waals surface area contributed by atoms with Gasteiger partial charge in [-0.05, 0) is 62.6 Å². The Labute approximate surface area is 260 Å². The molecule has 10 nitrogen and oxygen atoms in total. The molecule has 2 N–H and O–H groups in total. The predicted molar refractivity (Wildman–Crippen MR) is 166 cm³/mol. The van der Waals surface area contributed by atoms with Gasteiger partial charge in [0.15, 0.2) is 0 Å². The Morgan fingerprint density at radius 1 is 1.05 bits per heavy atom. The molecule has 2 aliphatic heterocycles. The van der Waals surface area contributed by atoms with Crippen LogP contribution < -0.4 is 15.0 Å². The summed E-state index contributed by atoms with van der Waals surface area (Å²) in [5.41, 5.74) is 1.37. The molecule has 2 fully saturated rings. The lowest BCUT2D eigenvalue weighted by Crippen LogP contribution is -2.53. The van der Waals surface area contributed by atoms with Crippen molar-refractivity contribution in [3.8, 4) is 5.75 Å². The predicted octanol–water partition coefficient (Wildman–Crippen LogP) is 4.46. The zero-order valence-electron chi connectivity index (χ0n) is 26.0. The lowest BCUT2D eigenvalue weighted by Gasteiger charge is -2.39. The minimum Gasteiger partial charge on any atom is -0.493 e. The largest absolute Gasteiger partial charge is 0.493 e. The summed E-state index contributed by atoms with van der Waals surface area (Å²) in [6, 6.07) is 4.81. The summed E-state index contributed by atoms with van der Waals surface area (Å²) >= 11 is 0. The van der Waals surface area contributed by atoms with Crippen LogP contribution in [0.5, 0.6) is 5.75 Å². The van der Waals surface area contributed by atoms with Gasteiger partial charge in [0.05, 0.1) is 19.6 Å². The van der Waals surface area contributed by atoms with Crippen LogP contribution in [0.1, 0.15) is 68.9 Å². The van der Waals surface area contributed by atoms with Gasteiger partial charge in [-0.3, -0.25) is 9.59 Å². The summed E-state index contributed by atoms with van der Waals surface area (Å²) in [4.78, 5) is 36.2. The summed E-state index contributed by atoms with van der Waals surface area (Å²) in [5.74, 6) is 1.15. The molecular weight excluding hydrogens is 565 g/mol. The molecule has 0 bridgehead atoms. The number of carbonyl (C=O) groups excluding carboxylic acids is 1. The van der Waals surface area contributed by atoms with Gasteiger partial charge in [0.1, 0.15) is 11.6 Å². The number of carboxylic acids is 1. The first-order valence-electron chi connectivity index (χ1n) is 16.1. The summed E-state index contributed by atoms with van der Waals surface area (Å²) in [7, 11) is 1.66. The highest BCUT2D eigenvalue weighted by molar-refractivity contribution is 5.79. The van der Waals surface area contributed by atoms with Crippen molar-refractivity contribution < 1.29 is 28.6 Å². The number of piperidine rings is 1. The topological polar surface area (TPSA) is 117 Å². The molecule has 11 heteroatoms. The van der Waals surface area contributed by atoms with Crippen LogP contribution in [0.2, 0.25) is 0 Å². The van der Waals surface area contributed by atoms with E-state index < -0.39 is 11.8 Å². The quantitative estimate of drug-likeness (QED) is 0.222. The molecule has 0 atom stereocenters. The van der Waals surface area contributed by atoms with Crippen LogP contribution >= 0.6 is 0 Å². The Balaban J connectivity index is 1.04. The number of nitrogens with zero attached hydrogens (tertiary/aromatic N) is 4. The molecule has 0 radical (unpaired) electrons. The van der Waals surface area contributed by atoms with Crippen LogP contribution in [-0.4, -0.2) is 84.8 Å². The smallest absolute Gasteiger partial charge is 0.303 e. The van der Waals surface area contributed by atoms with Crippen molar-refractivity contribution in [1.29, 1.82) is 0 Å². The van der Waals surface area contributed by atoms with Crippen molar-refractivity contribution >= 4 is 17.8 Å². The summed E-state index contributed by atoms with van der Waals surface area (Å²) < 4.78 is 25.7. The number of hydrogen-bond acceptors (Lipinski definition) is 8. The van der Waals surface area contributed by atoms with Crippen LogP contribution in [-0.2, 0) is 27.4 Å². The van der Waals surface area contributed by atoms with Gasteiger partial charge in [0.2, 0.25) is 11.9 Å². The molecule has 1 aromatic carbocycles. The molecule has 0 saturated carbocycles. The highest BCUT2D eigenvalue weighted by atomic mass is 19.1. The van der Waals surface area contributed by atoms with Crippen molar-refractivity contribution in [2.24, 2.45) is 11.8 Å². The Bertz CT molecular complexity index is 1170. The molecule has 0 aliphatic carbocycles. The molecule has 2 aliphatic rings. The third-order valence-corrected chi connectivity index (χ3v) is 8.53. The second kappa shape index (κ2) is 17.9. The molecule has 1 aromatic heterocycles. The highest BCUT2D eigenvalue weighted by Crippen LogP contribution is 2.25. The Morgan fingerprint density at radius 2 is 1.80 bits per heavy atom. The van der Waals surface area contributed by atoms with Crippen LogP contribution in [0.25, 0.3) is 0 Å². The van der Waals surface area contributed by atoms with E-state index in [2.05, 4.69) is 20.2 Å². The minimum absolute atomic E-state index is 0.0482. The summed E-state index contributed by atoms with van der Waals surface area (Å²) in [6.07, 6.45) is 11.8. The third kappa shape index (κ3) is 11.0. The molecule has 0 unspecified atom stereocenters. The van der Waals surface area contributed by atoms with Gasteiger partial charge in [-0.1, -0.05) is 18.9 Å². The first-order valence-corrected chi connectivity index (χ1v) is 16.1. The van der Waals surface area contributed by atoms with Crippen LogP contribution in [0, 0.1) is 17.7 Å². The fourth-order valence-electron chi connectivity index (χ4n) is 5.86. The lowest BCUT2D eigenvalue weighted by atomic mass is 9.92. The number of likely N-dealkylation sites (tertiary alicyclic amines) is 1. The van der Waals surface area contributed by atoms with E-state index >= 15 is 0 Å². The standard InChI is InChI=1S/C33H48FN5O5/c1-43-24-26-20-36-33(37-21-26)38-14-11-25(12-15-38)7-6-16-44-29-10-9-28(30(34)18-29)17-31(40)39-22-27(23-39)19-35-13-5-3-2-4-8-32(41)42/h9-10,18,20-21,25,27,35H,2-8,11-17,19,22-24H2,1H3,(H,41,42). The number of amides is 1. The van der Waals surface area contributed by atoms with E-state index in [-0.39, 0.29) is 18.7 Å². The highest BCUT2D eigenvalue weighted by Gasteiger charge is 2.30. The molecule has 242 valence electrons. The van der Waals surface area contributed by atoms with E-state index in [1.165, 1.54) is 6.07 Å². The van der Waals surface area contributed by atoms with E-state index in [0.29, 0.717) is 49.5 Å². The summed E-state index contributed by atoms with van der Waals surface area (Å²) in [5, 5.41) is 12.1. The first kappa shape index (κ1) is 33.6. The van der Waals surface area contributed by atoms with Gasteiger partial charge in [-0.2, -0.15) is 0 Å². The normalized spacial score (nSPS) is 15.8. The lowest BCUT2D eigenvalue weighted by molar-refractivity contribution is -0.137. The van der Waals surface area contributed by atoms with Gasteiger partial charge in [-0.15, -0.1) is 0 Å². The minimum atomic E-state index is -0.733. The van der Waals surface area contributed by atoms with Gasteiger partial charge in [-0.25, -0.2) is 14.4 Å². The molecule has 44 heavy (non-hydrogen) atoms. The number of methoxy groups -OCH3 is 1. The summed E-state index contributed by atoms with van der Waals surface area (Å²) in [6.45, 7) is 6.08. The maximum Gasteiger partial charge on any atom is 0.303 e. The maximum atomic E-state index is 14.8. The number of benzene rings is 1. The number of unbranched alkanes of at least 4 members (excludes halogenated alkanes) is 3. The molecule has 4 rings (SSSR count). The van der Waals surface area contributed by atoms with Crippen molar-refractivity contribution in [1.82, 2.24) is 20.2 Å². The first-order chi connectivity index (χ1) is 21.4. The Morgan fingerprint density at radius 3 is 2.50 bits per heavy atom. The number of carboxylic acid groups (broad SMARTS) is 1. The number of ether oxygens (including phenoxy) is 2. The molecule has 0 spiro atoms. The Hall–Kier alpha value is -3.31. The molecule has 3 heterocycles. The zero-order chi connectivity index (χ0) is 31.1. The van der Waals surface area contributed by atoms with E-state index in [1.54, 1.807) is 24.1 Å². The Kier molecular flexibility index (Phi) is 13.6. The molecule has 2 aromatic rings. The maximum absolute atomic E-state index is 14.8. The average molecular weight is 614 g/mol. The van der Waals surface area contributed by atoms with Crippen molar-refractivity contribution in [2.75, 3.05) is 57.9 Å². The van der Waals surface area contributed by atoms with Crippen molar-refractivity contribution in [3.05, 3.63) is 47.5 Å². The third-order valence-electron chi connectivity index (χ3n) is 8.53. The number of nitrogens with one attached hydrogen (secondary N) is 1. The number of halogens is 1. The van der Waals surface area contributed by atoms with E-state index in [9.17, 15) is 14.0 Å². The number of hydrogen-bond donors (Lipinski definition) is 2. The number of aliphatic carboxylic acids is 1. The fourth-order valence-corrected chi connectivity index (χ4v) is 5.86. The number of aromatic nitrogens is 2. The SMILES string of the molecule is COCc1cnc(N2CCC(CCCOc3ccc(CC(=O)N4CC(CNCCCCCCC(=O)O)C4)c(F)c3)CC2)nc1. The van der Waals surface area contributed by atoms with Crippen molar-refractivity contribution in [3.63, 3.8) is 0 Å². The van der Waals surface area contributed by atoms with Crippen LogP contribution in [0.3, 0.4) is 0 Å². The zero-order valence-corrected chi connectivity index (χ0v) is 26.0. The molecule has 1 amide bonds. The average Bonchev–Trinajstić information content (AvgIpc) is 2.99. The van der Waals surface area contributed by atoms with Crippen molar-refractivity contribution in [2.45, 2.75) is 70.8 Å². The number of carbonyl (C=O) groups is 2. The monoisotopic (exact) mass is 613 g/mol. The van der Waals surface area contributed by atoms with E-state index in [4.69, 9.17) is 14.6 Å². The van der Waals surface area contributed by atoms with Gasteiger partial charge >= 0.3 is 5.97 Å².